The molecule has 0 saturated heterocycles. The minimum Gasteiger partial charge on any atom is -0.482 e. The van der Waals surface area contributed by atoms with E-state index in [-0.39, 0.29) is 30.4 Å². The molecule has 34 heavy (non-hydrogen) atoms. The van der Waals surface area contributed by atoms with Crippen molar-refractivity contribution in [2.24, 2.45) is 0 Å². The van der Waals surface area contributed by atoms with Gasteiger partial charge in [-0.1, -0.05) is 38.1 Å². The summed E-state index contributed by atoms with van der Waals surface area (Å²) >= 11 is 1.41. The molecule has 2 aromatic carbocycles. The van der Waals surface area contributed by atoms with Gasteiger partial charge in [-0.15, -0.1) is 11.3 Å². The summed E-state index contributed by atoms with van der Waals surface area (Å²) in [7, 11) is 1.64. The molecule has 0 spiro atoms. The summed E-state index contributed by atoms with van der Waals surface area (Å²) in [5.74, 6) is 0.529. The average molecular weight is 474 g/mol. The average Bonchev–Trinajstić information content (AvgIpc) is 3.28. The molecule has 0 atom stereocenters. The second kappa shape index (κ2) is 8.53. The standard InChI is InChI=1S/C26H23N3O4S/c1-15(2)16-4-6-17(7-5-16)19-13-34-25-24(19)26(32)29(14-27-25)11-21(30)18-8-9-22-20(10-18)28(3)23(31)12-33-22/h4-10,13-15H,11-12H2,1-3H3. The van der Waals surface area contributed by atoms with Crippen LogP contribution in [0.15, 0.2) is 59.0 Å². The van der Waals surface area contributed by atoms with Crippen LogP contribution >= 0.6 is 11.3 Å². The van der Waals surface area contributed by atoms with Gasteiger partial charge in [-0.2, -0.15) is 0 Å². The van der Waals surface area contributed by atoms with Gasteiger partial charge in [-0.3, -0.25) is 19.0 Å². The molecule has 5 rings (SSSR count). The molecule has 172 valence electrons. The molecule has 0 radical (unpaired) electrons. The normalized spacial score (nSPS) is 13.3. The lowest BCUT2D eigenvalue weighted by atomic mass is 9.99. The fourth-order valence-electron chi connectivity index (χ4n) is 4.03. The fraction of sp³-hybridized carbons (Fsp3) is 0.231. The summed E-state index contributed by atoms with van der Waals surface area (Å²) in [6.07, 6.45) is 1.42. The molecule has 0 N–H and O–H groups in total. The number of aromatic nitrogens is 2. The molecule has 7 nitrogen and oxygen atoms in total. The monoisotopic (exact) mass is 473 g/mol. The molecule has 0 saturated carbocycles. The SMILES string of the molecule is CC(C)c1ccc(-c2csc3ncn(CC(=O)c4ccc5c(c4)N(C)C(=O)CO5)c(=O)c23)cc1. The Labute approximate surface area is 200 Å². The Hall–Kier alpha value is -3.78. The summed E-state index contributed by atoms with van der Waals surface area (Å²) in [5.41, 5.74) is 3.67. The number of hydrogen-bond donors (Lipinski definition) is 0. The molecule has 8 heteroatoms. The number of rotatable bonds is 5. The Kier molecular flexibility index (Phi) is 5.53. The van der Waals surface area contributed by atoms with E-state index in [4.69, 9.17) is 4.74 Å². The van der Waals surface area contributed by atoms with Gasteiger partial charge in [0.05, 0.1) is 23.9 Å². The number of ketones is 1. The lowest BCUT2D eigenvalue weighted by Crippen LogP contribution is -2.35. The van der Waals surface area contributed by atoms with Crippen molar-refractivity contribution in [3.63, 3.8) is 0 Å². The minimum absolute atomic E-state index is 0.0267. The van der Waals surface area contributed by atoms with Crippen molar-refractivity contribution in [2.45, 2.75) is 26.3 Å². The molecule has 1 aliphatic rings. The second-order valence-electron chi connectivity index (χ2n) is 8.63. The number of Topliss-reactive ketones (excluding diaryl/α,β-unsaturated/α-hetero) is 1. The molecule has 4 aromatic rings. The number of amides is 1. The summed E-state index contributed by atoms with van der Waals surface area (Å²) in [6, 6.07) is 13.1. The fourth-order valence-corrected chi connectivity index (χ4v) is 4.94. The van der Waals surface area contributed by atoms with Crippen LogP contribution in [-0.4, -0.2) is 34.9 Å². The van der Waals surface area contributed by atoms with Gasteiger partial charge in [0, 0.05) is 23.6 Å². The van der Waals surface area contributed by atoms with E-state index in [1.807, 2.05) is 17.5 Å². The van der Waals surface area contributed by atoms with Crippen LogP contribution < -0.4 is 15.2 Å². The third-order valence-corrected chi connectivity index (χ3v) is 7.02. The molecular formula is C26H23N3O4S. The van der Waals surface area contributed by atoms with Gasteiger partial charge in [-0.05, 0) is 35.2 Å². The van der Waals surface area contributed by atoms with Crippen molar-refractivity contribution in [3.8, 4) is 16.9 Å². The molecule has 1 amide bonds. The van der Waals surface area contributed by atoms with Crippen LogP contribution in [-0.2, 0) is 11.3 Å². The third kappa shape index (κ3) is 3.80. The highest BCUT2D eigenvalue weighted by molar-refractivity contribution is 7.17. The predicted molar refractivity (Wildman–Crippen MR) is 133 cm³/mol. The number of ether oxygens (including phenoxy) is 1. The van der Waals surface area contributed by atoms with Crippen molar-refractivity contribution >= 4 is 38.9 Å². The number of benzene rings is 2. The molecule has 0 aliphatic carbocycles. The van der Waals surface area contributed by atoms with Gasteiger partial charge in [0.1, 0.15) is 10.6 Å². The first kappa shape index (κ1) is 22.0. The maximum Gasteiger partial charge on any atom is 0.264 e. The van der Waals surface area contributed by atoms with Crippen LogP contribution in [0.3, 0.4) is 0 Å². The summed E-state index contributed by atoms with van der Waals surface area (Å²) in [5, 5.41) is 2.45. The quantitative estimate of drug-likeness (QED) is 0.399. The van der Waals surface area contributed by atoms with E-state index < -0.39 is 0 Å². The number of thiophene rings is 1. The molecule has 0 fully saturated rings. The predicted octanol–water partition coefficient (Wildman–Crippen LogP) is 4.49. The maximum absolute atomic E-state index is 13.4. The van der Waals surface area contributed by atoms with E-state index in [9.17, 15) is 14.4 Å². The van der Waals surface area contributed by atoms with Crippen molar-refractivity contribution in [3.05, 3.63) is 75.7 Å². The van der Waals surface area contributed by atoms with Crippen LogP contribution in [0.1, 0.15) is 35.7 Å². The van der Waals surface area contributed by atoms with Crippen LogP contribution in [0.5, 0.6) is 5.75 Å². The van der Waals surface area contributed by atoms with Gasteiger partial charge in [0.2, 0.25) is 0 Å². The van der Waals surface area contributed by atoms with Crippen LogP contribution in [0.4, 0.5) is 5.69 Å². The van der Waals surface area contributed by atoms with Crippen LogP contribution in [0.2, 0.25) is 0 Å². The van der Waals surface area contributed by atoms with E-state index >= 15 is 0 Å². The summed E-state index contributed by atoms with van der Waals surface area (Å²) in [6.45, 7) is 4.10. The molecule has 1 aliphatic heterocycles. The van der Waals surface area contributed by atoms with Crippen molar-refractivity contribution in [1.29, 1.82) is 0 Å². The first-order chi connectivity index (χ1) is 16.3. The zero-order valence-electron chi connectivity index (χ0n) is 19.1. The highest BCUT2D eigenvalue weighted by Gasteiger charge is 2.24. The number of anilines is 1. The third-order valence-electron chi connectivity index (χ3n) is 6.13. The highest BCUT2D eigenvalue weighted by Crippen LogP contribution is 2.33. The first-order valence-electron chi connectivity index (χ1n) is 11.0. The Balaban J connectivity index is 1.48. The van der Waals surface area contributed by atoms with Gasteiger partial charge in [-0.25, -0.2) is 4.98 Å². The van der Waals surface area contributed by atoms with E-state index in [0.717, 1.165) is 11.1 Å². The number of likely N-dealkylation sites (N-methyl/N-ethyl adjacent to an activating group) is 1. The first-order valence-corrected chi connectivity index (χ1v) is 11.8. The molecular weight excluding hydrogens is 450 g/mol. The van der Waals surface area contributed by atoms with Crippen LogP contribution in [0, 0.1) is 0 Å². The van der Waals surface area contributed by atoms with E-state index in [0.29, 0.717) is 33.1 Å². The lowest BCUT2D eigenvalue weighted by molar-refractivity contribution is -0.120. The molecule has 0 bridgehead atoms. The zero-order chi connectivity index (χ0) is 24.0. The molecule has 0 unspecified atom stereocenters. The van der Waals surface area contributed by atoms with E-state index in [1.165, 1.54) is 32.7 Å². The Morgan fingerprint density at radius 3 is 2.65 bits per heavy atom. The number of carbonyl (C=O) groups excluding carboxylic acids is 2. The van der Waals surface area contributed by atoms with Crippen molar-refractivity contribution < 1.29 is 14.3 Å². The summed E-state index contributed by atoms with van der Waals surface area (Å²) < 4.78 is 6.77. The Bertz CT molecular complexity index is 1480. The van der Waals surface area contributed by atoms with Gasteiger partial charge < -0.3 is 9.64 Å². The van der Waals surface area contributed by atoms with Gasteiger partial charge in [0.15, 0.2) is 12.4 Å². The largest absolute Gasteiger partial charge is 0.482 e. The smallest absolute Gasteiger partial charge is 0.264 e. The Morgan fingerprint density at radius 2 is 1.91 bits per heavy atom. The lowest BCUT2D eigenvalue weighted by Gasteiger charge is -2.26. The van der Waals surface area contributed by atoms with Gasteiger partial charge in [0.25, 0.3) is 11.5 Å². The van der Waals surface area contributed by atoms with Crippen molar-refractivity contribution in [1.82, 2.24) is 9.55 Å². The number of hydrogen-bond acceptors (Lipinski definition) is 6. The maximum atomic E-state index is 13.4. The number of carbonyl (C=O) groups is 2. The Morgan fingerprint density at radius 1 is 1.15 bits per heavy atom. The van der Waals surface area contributed by atoms with Gasteiger partial charge >= 0.3 is 0 Å². The van der Waals surface area contributed by atoms with Crippen molar-refractivity contribution in [2.75, 3.05) is 18.6 Å². The van der Waals surface area contributed by atoms with E-state index in [1.54, 1.807) is 25.2 Å². The molecule has 2 aromatic heterocycles. The zero-order valence-corrected chi connectivity index (χ0v) is 19.9. The topological polar surface area (TPSA) is 81.5 Å². The second-order valence-corrected chi connectivity index (χ2v) is 9.49. The minimum atomic E-state index is -0.254. The number of nitrogens with zero attached hydrogens (tertiary/aromatic N) is 3. The highest BCUT2D eigenvalue weighted by atomic mass is 32.1. The number of fused-ring (bicyclic) bond motifs is 2. The summed E-state index contributed by atoms with van der Waals surface area (Å²) in [4.78, 5) is 44.9. The van der Waals surface area contributed by atoms with Crippen LogP contribution in [0.25, 0.3) is 21.3 Å². The molecule has 3 heterocycles. The van der Waals surface area contributed by atoms with E-state index in [2.05, 4.69) is 31.0 Å².